The van der Waals surface area contributed by atoms with E-state index in [2.05, 4.69) is 17.3 Å². The highest BCUT2D eigenvalue weighted by molar-refractivity contribution is 5.86. The molecule has 20 heavy (non-hydrogen) atoms. The minimum atomic E-state index is -0.337. The summed E-state index contributed by atoms with van der Waals surface area (Å²) < 4.78 is 1.72. The number of aromatic nitrogens is 2. The molecule has 1 atom stereocenters. The monoisotopic (exact) mass is 274 g/mol. The first-order valence-electron chi connectivity index (χ1n) is 7.14. The molecule has 5 heteroatoms. The average molecular weight is 274 g/mol. The van der Waals surface area contributed by atoms with Crippen molar-refractivity contribution in [3.63, 3.8) is 0 Å². The third-order valence-corrected chi connectivity index (χ3v) is 3.45. The topological polar surface area (TPSA) is 72.9 Å². The highest BCUT2D eigenvalue weighted by Gasteiger charge is 2.17. The van der Waals surface area contributed by atoms with Gasteiger partial charge in [-0.25, -0.2) is 0 Å². The lowest BCUT2D eigenvalue weighted by atomic mass is 10.2. The number of nitrogens with two attached hydrogens (primary N) is 1. The lowest BCUT2D eigenvalue weighted by molar-refractivity contribution is -0.124. The first-order valence-corrected chi connectivity index (χ1v) is 7.14. The second kappa shape index (κ2) is 6.41. The third-order valence-electron chi connectivity index (χ3n) is 3.45. The van der Waals surface area contributed by atoms with E-state index in [4.69, 9.17) is 5.73 Å². The number of unbranched alkanes of at least 4 members (excludes halogenated alkanes) is 2. The number of nitrogen functional groups attached to an aromatic ring is 1. The molecule has 108 valence electrons. The second-order valence-electron chi connectivity index (χ2n) is 5.08. The Bertz CT molecular complexity index is 591. The number of nitrogens with one attached hydrogen (secondary N) is 1. The molecule has 1 aromatic heterocycles. The summed E-state index contributed by atoms with van der Waals surface area (Å²) in [5.41, 5.74) is 7.37. The van der Waals surface area contributed by atoms with E-state index in [-0.39, 0.29) is 11.9 Å². The smallest absolute Gasteiger partial charge is 0.244 e. The zero-order valence-electron chi connectivity index (χ0n) is 12.1. The van der Waals surface area contributed by atoms with E-state index >= 15 is 0 Å². The van der Waals surface area contributed by atoms with Crippen LogP contribution in [0, 0.1) is 0 Å². The van der Waals surface area contributed by atoms with Crippen LogP contribution in [-0.4, -0.2) is 22.2 Å². The van der Waals surface area contributed by atoms with Crippen molar-refractivity contribution >= 4 is 22.5 Å². The van der Waals surface area contributed by atoms with Gasteiger partial charge in [0.15, 0.2) is 0 Å². The van der Waals surface area contributed by atoms with Crippen LogP contribution in [0.2, 0.25) is 0 Å². The van der Waals surface area contributed by atoms with Crippen molar-refractivity contribution in [2.75, 3.05) is 12.3 Å². The van der Waals surface area contributed by atoms with Crippen molar-refractivity contribution in [3.8, 4) is 0 Å². The molecule has 0 aliphatic rings. The van der Waals surface area contributed by atoms with Gasteiger partial charge in [-0.1, -0.05) is 19.8 Å². The van der Waals surface area contributed by atoms with Gasteiger partial charge < -0.3 is 11.1 Å². The van der Waals surface area contributed by atoms with E-state index in [9.17, 15) is 4.79 Å². The number of amides is 1. The van der Waals surface area contributed by atoms with Gasteiger partial charge in [-0.05, 0) is 31.5 Å². The second-order valence-corrected chi connectivity index (χ2v) is 5.08. The van der Waals surface area contributed by atoms with Crippen molar-refractivity contribution in [2.45, 2.75) is 39.2 Å². The van der Waals surface area contributed by atoms with E-state index in [0.717, 1.165) is 36.7 Å². The molecule has 1 amide bonds. The zero-order chi connectivity index (χ0) is 14.5. The number of benzene rings is 1. The molecule has 0 radical (unpaired) electrons. The molecular weight excluding hydrogens is 252 g/mol. The molecule has 1 aromatic carbocycles. The lowest BCUT2D eigenvalue weighted by Gasteiger charge is -2.14. The predicted molar refractivity (Wildman–Crippen MR) is 81.4 cm³/mol. The normalized spacial score (nSPS) is 12.5. The number of hydrogen-bond donors (Lipinski definition) is 2. The molecule has 0 spiro atoms. The Morgan fingerprint density at radius 3 is 3.00 bits per heavy atom. The summed E-state index contributed by atoms with van der Waals surface area (Å²) in [6.45, 7) is 4.72. The molecule has 2 rings (SSSR count). The van der Waals surface area contributed by atoms with Gasteiger partial charge >= 0.3 is 0 Å². The van der Waals surface area contributed by atoms with E-state index in [1.807, 2.05) is 25.1 Å². The standard InChI is InChI=1S/C15H22N4O/c1-3-4-5-8-17-15(20)11(2)19-14-9-13(16)7-6-12(14)10-18-19/h6-7,9-11H,3-5,8,16H2,1-2H3,(H,17,20). The first-order chi connectivity index (χ1) is 9.63. The highest BCUT2D eigenvalue weighted by Crippen LogP contribution is 2.20. The Balaban J connectivity index is 2.08. The molecule has 0 bridgehead atoms. The summed E-state index contributed by atoms with van der Waals surface area (Å²) in [6, 6.07) is 5.27. The molecule has 0 saturated carbocycles. The maximum absolute atomic E-state index is 12.1. The van der Waals surface area contributed by atoms with E-state index in [0.29, 0.717) is 5.69 Å². The van der Waals surface area contributed by atoms with Gasteiger partial charge in [-0.15, -0.1) is 0 Å². The molecule has 0 saturated heterocycles. The third kappa shape index (κ3) is 3.10. The summed E-state index contributed by atoms with van der Waals surface area (Å²) in [4.78, 5) is 12.1. The molecule has 1 heterocycles. The number of carbonyl (C=O) groups is 1. The highest BCUT2D eigenvalue weighted by atomic mass is 16.2. The first kappa shape index (κ1) is 14.4. The van der Waals surface area contributed by atoms with Crippen LogP contribution in [0.4, 0.5) is 5.69 Å². The fourth-order valence-corrected chi connectivity index (χ4v) is 2.21. The van der Waals surface area contributed by atoms with Crippen LogP contribution >= 0.6 is 0 Å². The molecule has 1 unspecified atom stereocenters. The SMILES string of the molecule is CCCCCNC(=O)C(C)n1ncc2ccc(N)cc21. The molecule has 2 aromatic rings. The van der Waals surface area contributed by atoms with Crippen LogP contribution in [0.25, 0.3) is 10.9 Å². The van der Waals surface area contributed by atoms with Gasteiger partial charge in [0, 0.05) is 17.6 Å². The number of rotatable bonds is 6. The summed E-state index contributed by atoms with van der Waals surface area (Å²) >= 11 is 0. The van der Waals surface area contributed by atoms with Gasteiger partial charge in [0.05, 0.1) is 11.7 Å². The number of carbonyl (C=O) groups excluding carboxylic acids is 1. The molecule has 3 N–H and O–H groups in total. The molecule has 0 aliphatic carbocycles. The Labute approximate surface area is 119 Å². The van der Waals surface area contributed by atoms with Gasteiger partial charge in [0.2, 0.25) is 5.91 Å². The largest absolute Gasteiger partial charge is 0.399 e. The van der Waals surface area contributed by atoms with Crippen molar-refractivity contribution in [2.24, 2.45) is 0 Å². The maximum Gasteiger partial charge on any atom is 0.244 e. The van der Waals surface area contributed by atoms with E-state index in [1.165, 1.54) is 0 Å². The molecule has 0 fully saturated rings. The van der Waals surface area contributed by atoms with Gasteiger partial charge in [-0.3, -0.25) is 9.48 Å². The minimum Gasteiger partial charge on any atom is -0.399 e. The summed E-state index contributed by atoms with van der Waals surface area (Å²) in [6.07, 6.45) is 5.06. The predicted octanol–water partition coefficient (Wildman–Crippen LogP) is 2.49. The summed E-state index contributed by atoms with van der Waals surface area (Å²) in [7, 11) is 0. The molecule has 0 aliphatic heterocycles. The Morgan fingerprint density at radius 1 is 1.45 bits per heavy atom. The Kier molecular flexibility index (Phi) is 4.61. The number of fused-ring (bicyclic) bond motifs is 1. The van der Waals surface area contributed by atoms with Crippen LogP contribution in [0.3, 0.4) is 0 Å². The van der Waals surface area contributed by atoms with Crippen molar-refractivity contribution in [1.82, 2.24) is 15.1 Å². The molecular formula is C15H22N4O. The average Bonchev–Trinajstić information content (AvgIpc) is 2.85. The van der Waals surface area contributed by atoms with Crippen molar-refractivity contribution in [1.29, 1.82) is 0 Å². The van der Waals surface area contributed by atoms with Crippen LogP contribution in [-0.2, 0) is 4.79 Å². The fraction of sp³-hybridized carbons (Fsp3) is 0.467. The number of hydrogen-bond acceptors (Lipinski definition) is 3. The van der Waals surface area contributed by atoms with Crippen molar-refractivity contribution < 1.29 is 4.79 Å². The van der Waals surface area contributed by atoms with E-state index < -0.39 is 0 Å². The molecule has 5 nitrogen and oxygen atoms in total. The van der Waals surface area contributed by atoms with Crippen LogP contribution < -0.4 is 11.1 Å². The summed E-state index contributed by atoms with van der Waals surface area (Å²) in [5, 5.41) is 8.25. The Morgan fingerprint density at radius 2 is 2.25 bits per heavy atom. The quantitative estimate of drug-likeness (QED) is 0.628. The van der Waals surface area contributed by atoms with Gasteiger partial charge in [0.25, 0.3) is 0 Å². The lowest BCUT2D eigenvalue weighted by Crippen LogP contribution is -2.32. The maximum atomic E-state index is 12.1. The van der Waals surface area contributed by atoms with Crippen LogP contribution in [0.1, 0.15) is 39.2 Å². The summed E-state index contributed by atoms with van der Waals surface area (Å²) in [5.74, 6) is -0.00599. The Hall–Kier alpha value is -2.04. The van der Waals surface area contributed by atoms with Crippen LogP contribution in [0.15, 0.2) is 24.4 Å². The number of anilines is 1. The van der Waals surface area contributed by atoms with Crippen LogP contribution in [0.5, 0.6) is 0 Å². The van der Waals surface area contributed by atoms with Crippen molar-refractivity contribution in [3.05, 3.63) is 24.4 Å². The zero-order valence-corrected chi connectivity index (χ0v) is 12.1. The fourth-order valence-electron chi connectivity index (χ4n) is 2.21. The number of nitrogens with zero attached hydrogens (tertiary/aromatic N) is 2. The van der Waals surface area contributed by atoms with Gasteiger partial charge in [0.1, 0.15) is 6.04 Å². The van der Waals surface area contributed by atoms with E-state index in [1.54, 1.807) is 10.9 Å². The minimum absolute atomic E-state index is 0.00599. The van der Waals surface area contributed by atoms with Gasteiger partial charge in [-0.2, -0.15) is 5.10 Å².